The number of rotatable bonds is 6. The van der Waals surface area contributed by atoms with Crippen molar-refractivity contribution in [3.8, 4) is 22.6 Å². The fourth-order valence-electron chi connectivity index (χ4n) is 3.18. The molecule has 1 radical (unpaired) electrons. The summed E-state index contributed by atoms with van der Waals surface area (Å²) >= 11 is 0. The lowest BCUT2D eigenvalue weighted by Crippen LogP contribution is -2.26. The second-order valence-corrected chi connectivity index (χ2v) is 6.92. The van der Waals surface area contributed by atoms with Gasteiger partial charge in [-0.05, 0) is 24.1 Å². The highest BCUT2D eigenvalue weighted by molar-refractivity contribution is 5.73. The predicted octanol–water partition coefficient (Wildman–Crippen LogP) is 7.55. The SMILES string of the molecule is CCCc1cc(F)c(-c2c([O])cc(F)c(C(F)(F)Oc3cc(F)c(F)c(F)c3)c2F)c(F)c1. The van der Waals surface area contributed by atoms with Gasteiger partial charge in [0, 0.05) is 18.2 Å². The Kier molecular flexibility index (Phi) is 6.53. The molecule has 0 atom stereocenters. The summed E-state index contributed by atoms with van der Waals surface area (Å²) in [6, 6.07) is 1.36. The van der Waals surface area contributed by atoms with Crippen molar-refractivity contribution in [3.63, 3.8) is 0 Å². The summed E-state index contributed by atoms with van der Waals surface area (Å²) in [6.45, 7) is 1.70. The molecule has 0 N–H and O–H groups in total. The van der Waals surface area contributed by atoms with E-state index >= 15 is 0 Å². The first-order valence-electron chi connectivity index (χ1n) is 9.26. The van der Waals surface area contributed by atoms with E-state index in [-0.39, 0.29) is 30.2 Å². The number of halogens is 9. The van der Waals surface area contributed by atoms with Crippen molar-refractivity contribution in [2.45, 2.75) is 25.9 Å². The van der Waals surface area contributed by atoms with Crippen LogP contribution in [0.5, 0.6) is 11.5 Å². The van der Waals surface area contributed by atoms with Gasteiger partial charge in [-0.25, -0.2) is 30.7 Å². The second-order valence-electron chi connectivity index (χ2n) is 6.92. The van der Waals surface area contributed by atoms with Crippen LogP contribution in [0.4, 0.5) is 39.5 Å². The topological polar surface area (TPSA) is 29.1 Å². The van der Waals surface area contributed by atoms with Crippen LogP contribution in [0.1, 0.15) is 24.5 Å². The second kappa shape index (κ2) is 8.87. The van der Waals surface area contributed by atoms with E-state index in [4.69, 9.17) is 0 Å². The van der Waals surface area contributed by atoms with Crippen LogP contribution in [-0.4, -0.2) is 0 Å². The van der Waals surface area contributed by atoms with E-state index in [2.05, 4.69) is 4.74 Å². The molecule has 0 spiro atoms. The van der Waals surface area contributed by atoms with Crippen LogP contribution in [0.2, 0.25) is 0 Å². The third-order valence-electron chi connectivity index (χ3n) is 4.57. The summed E-state index contributed by atoms with van der Waals surface area (Å²) in [5.74, 6) is -16.3. The van der Waals surface area contributed by atoms with Crippen molar-refractivity contribution in [2.24, 2.45) is 0 Å². The van der Waals surface area contributed by atoms with Crippen LogP contribution in [0.15, 0.2) is 30.3 Å². The minimum Gasteiger partial charge on any atom is -0.429 e. The van der Waals surface area contributed by atoms with Gasteiger partial charge in [-0.3, -0.25) is 5.11 Å². The molecule has 33 heavy (non-hydrogen) atoms. The summed E-state index contributed by atoms with van der Waals surface area (Å²) < 4.78 is 131. The van der Waals surface area contributed by atoms with Gasteiger partial charge in [-0.1, -0.05) is 13.3 Å². The lowest BCUT2D eigenvalue weighted by molar-refractivity contribution is -0.189. The Balaban J connectivity index is 2.17. The Morgan fingerprint density at radius 2 is 1.27 bits per heavy atom. The monoisotopic (exact) mass is 479 g/mol. The zero-order chi connectivity index (χ0) is 24.7. The minimum absolute atomic E-state index is 0.0171. The van der Waals surface area contributed by atoms with Gasteiger partial charge in [0.1, 0.15) is 28.8 Å². The average Bonchev–Trinajstić information content (AvgIpc) is 2.67. The highest BCUT2D eigenvalue weighted by Crippen LogP contribution is 2.44. The standard InChI is InChI=1S/C22H12F9O2/c1-2-3-9-4-11(23)17(12(24)5-9)18-16(32)8-13(25)19(21(18)29)22(30,31)33-10-6-14(26)20(28)15(27)7-10/h4-8H,2-3H2,1H3. The van der Waals surface area contributed by atoms with Crippen LogP contribution in [0.25, 0.3) is 11.1 Å². The highest BCUT2D eigenvalue weighted by Gasteiger charge is 2.44. The number of hydrogen-bond donors (Lipinski definition) is 0. The van der Waals surface area contributed by atoms with Crippen molar-refractivity contribution in [3.05, 3.63) is 82.2 Å². The zero-order valence-electron chi connectivity index (χ0n) is 16.5. The molecule has 0 aliphatic heterocycles. The molecular formula is C22H12F9O2. The van der Waals surface area contributed by atoms with Crippen LogP contribution >= 0.6 is 0 Å². The van der Waals surface area contributed by atoms with Gasteiger partial charge in [0.05, 0.1) is 11.1 Å². The first-order chi connectivity index (χ1) is 15.4. The Hall–Kier alpha value is -3.37. The predicted molar refractivity (Wildman–Crippen MR) is 96.7 cm³/mol. The van der Waals surface area contributed by atoms with Crippen LogP contribution < -0.4 is 4.74 Å². The highest BCUT2D eigenvalue weighted by atomic mass is 19.3. The molecule has 0 unspecified atom stereocenters. The molecule has 0 aliphatic carbocycles. The van der Waals surface area contributed by atoms with E-state index in [1.54, 1.807) is 6.92 Å². The molecule has 0 fully saturated rings. The number of ether oxygens (including phenoxy) is 1. The summed E-state index contributed by atoms with van der Waals surface area (Å²) in [5.41, 5.74) is -4.96. The molecule has 0 heterocycles. The van der Waals surface area contributed by atoms with Crippen molar-refractivity contribution in [1.29, 1.82) is 0 Å². The van der Waals surface area contributed by atoms with Crippen molar-refractivity contribution < 1.29 is 49.4 Å². The number of alkyl halides is 2. The van der Waals surface area contributed by atoms with Crippen LogP contribution in [0.3, 0.4) is 0 Å². The Bertz CT molecular complexity index is 1180. The molecule has 175 valence electrons. The van der Waals surface area contributed by atoms with Crippen molar-refractivity contribution in [2.75, 3.05) is 0 Å². The fraction of sp³-hybridized carbons (Fsp3) is 0.182. The lowest BCUT2D eigenvalue weighted by atomic mass is 9.96. The average molecular weight is 479 g/mol. The van der Waals surface area contributed by atoms with E-state index in [1.165, 1.54) is 0 Å². The van der Waals surface area contributed by atoms with Crippen molar-refractivity contribution >= 4 is 0 Å². The summed E-state index contributed by atoms with van der Waals surface area (Å²) in [4.78, 5) is 0. The Morgan fingerprint density at radius 1 is 0.727 bits per heavy atom. The normalized spacial score (nSPS) is 11.7. The molecule has 3 aromatic carbocycles. The van der Waals surface area contributed by atoms with E-state index in [0.29, 0.717) is 6.42 Å². The van der Waals surface area contributed by atoms with E-state index in [9.17, 15) is 44.6 Å². The lowest BCUT2D eigenvalue weighted by Gasteiger charge is -2.21. The van der Waals surface area contributed by atoms with Crippen LogP contribution in [0, 0.1) is 40.7 Å². The molecule has 0 aliphatic rings. The number of hydrogen-bond acceptors (Lipinski definition) is 1. The zero-order valence-corrected chi connectivity index (χ0v) is 16.5. The third-order valence-corrected chi connectivity index (χ3v) is 4.57. The molecule has 0 aromatic heterocycles. The third kappa shape index (κ3) is 4.57. The molecule has 3 rings (SSSR count). The summed E-state index contributed by atoms with van der Waals surface area (Å²) in [6.07, 6.45) is -4.34. The van der Waals surface area contributed by atoms with E-state index < -0.39 is 75.0 Å². The molecule has 3 aromatic rings. The molecular weight excluding hydrogens is 467 g/mol. The largest absolute Gasteiger partial charge is 0.432 e. The Labute approximate surface area is 180 Å². The maximum atomic E-state index is 15.0. The smallest absolute Gasteiger partial charge is 0.429 e. The maximum Gasteiger partial charge on any atom is 0.432 e. The molecule has 0 amide bonds. The van der Waals surface area contributed by atoms with Gasteiger partial charge < -0.3 is 4.74 Å². The first kappa shape index (κ1) is 24.3. The van der Waals surface area contributed by atoms with Gasteiger partial charge >= 0.3 is 6.11 Å². The fourth-order valence-corrected chi connectivity index (χ4v) is 3.18. The first-order valence-corrected chi connectivity index (χ1v) is 9.26. The van der Waals surface area contributed by atoms with Gasteiger partial charge in [0.2, 0.25) is 0 Å². The molecule has 0 saturated carbocycles. The van der Waals surface area contributed by atoms with Gasteiger partial charge in [0.15, 0.2) is 29.0 Å². The molecule has 11 heteroatoms. The maximum absolute atomic E-state index is 15.0. The summed E-state index contributed by atoms with van der Waals surface area (Å²) in [5, 5.41) is 12.1. The van der Waals surface area contributed by atoms with Gasteiger partial charge in [-0.2, -0.15) is 8.78 Å². The minimum atomic E-state index is -5.04. The van der Waals surface area contributed by atoms with Gasteiger partial charge in [-0.15, -0.1) is 0 Å². The van der Waals surface area contributed by atoms with Gasteiger partial charge in [0.25, 0.3) is 0 Å². The summed E-state index contributed by atoms with van der Waals surface area (Å²) in [7, 11) is 0. The van der Waals surface area contributed by atoms with Crippen molar-refractivity contribution in [1.82, 2.24) is 0 Å². The molecule has 0 saturated heterocycles. The molecule has 0 bridgehead atoms. The molecule has 2 nitrogen and oxygen atoms in total. The number of aryl methyl sites for hydroxylation is 1. The van der Waals surface area contributed by atoms with E-state index in [0.717, 1.165) is 12.1 Å². The van der Waals surface area contributed by atoms with Crippen LogP contribution in [-0.2, 0) is 17.6 Å². The quantitative estimate of drug-likeness (QED) is 0.265. The Morgan fingerprint density at radius 3 is 1.79 bits per heavy atom. The number of benzene rings is 3. The van der Waals surface area contributed by atoms with E-state index in [1.807, 2.05) is 0 Å².